The van der Waals surface area contributed by atoms with Crippen LogP contribution in [0.1, 0.15) is 127 Å². The van der Waals surface area contributed by atoms with Crippen molar-refractivity contribution in [3.05, 3.63) is 95.7 Å². The van der Waals surface area contributed by atoms with E-state index in [-0.39, 0.29) is 24.8 Å². The number of rotatable bonds is 8. The summed E-state index contributed by atoms with van der Waals surface area (Å²) in [5.74, 6) is 1.61. The zero-order chi connectivity index (χ0) is 26.6. The topological polar surface area (TPSA) is 37.6 Å². The smallest absolute Gasteiger partial charge is 0.0849 e. The van der Waals surface area contributed by atoms with Crippen molar-refractivity contribution < 1.29 is 17.4 Å². The fourth-order valence-corrected chi connectivity index (χ4v) is 4.57. The predicted molar refractivity (Wildman–Crippen MR) is 164 cm³/mol. The maximum atomic E-state index is 5.15. The normalized spacial score (nSPS) is 12.3. The van der Waals surface area contributed by atoms with Gasteiger partial charge in [-0.05, 0) is 71.9 Å². The number of aromatic nitrogens is 1. The van der Waals surface area contributed by atoms with Gasteiger partial charge in [0.05, 0.1) is 34.2 Å². The van der Waals surface area contributed by atoms with E-state index in [1.54, 1.807) is 0 Å². The van der Waals surface area contributed by atoms with E-state index in [2.05, 4.69) is 112 Å². The Kier molecular flexibility index (Phi) is 12.8. The molecule has 0 aliphatic carbocycles. The van der Waals surface area contributed by atoms with Crippen molar-refractivity contribution in [2.75, 3.05) is 0 Å². The molecule has 0 N–H and O–H groups in total. The zero-order valence-electron chi connectivity index (χ0n) is 25.3. The minimum atomic E-state index is 0. The van der Waals surface area contributed by atoms with Crippen molar-refractivity contribution in [1.29, 1.82) is 0 Å². The fourth-order valence-electron chi connectivity index (χ4n) is 4.57. The number of benzene rings is 2. The molecule has 0 saturated carbocycles. The minimum absolute atomic E-state index is 0. The molecule has 38 heavy (non-hydrogen) atoms. The van der Waals surface area contributed by atoms with E-state index in [0.717, 1.165) is 34.2 Å². The second kappa shape index (κ2) is 14.6. The van der Waals surface area contributed by atoms with Crippen molar-refractivity contribution in [2.45, 2.75) is 92.9 Å². The van der Waals surface area contributed by atoms with Crippen LogP contribution in [0.2, 0.25) is 0 Å². The van der Waals surface area contributed by atoms with Crippen LogP contribution < -0.4 is 0 Å². The summed E-state index contributed by atoms with van der Waals surface area (Å²) in [6.07, 6.45) is 0. The van der Waals surface area contributed by atoms with Gasteiger partial charge in [0, 0.05) is 17.4 Å². The first-order valence-electron chi connectivity index (χ1n) is 13.3. The van der Waals surface area contributed by atoms with Gasteiger partial charge in [-0.2, -0.15) is 0 Å². The van der Waals surface area contributed by atoms with Gasteiger partial charge in [-0.15, -0.1) is 0 Å². The number of pyridine rings is 1. The first-order chi connectivity index (χ1) is 17.0. The summed E-state index contributed by atoms with van der Waals surface area (Å²) in [6, 6.07) is 19.2. The van der Waals surface area contributed by atoms with Crippen LogP contribution in [0, 0.1) is 7.43 Å². The molecule has 2 aromatic carbocycles. The van der Waals surface area contributed by atoms with Crippen LogP contribution in [0.4, 0.5) is 11.4 Å². The Balaban J connectivity index is 0.00000361. The van der Waals surface area contributed by atoms with E-state index >= 15 is 0 Å². The molecule has 0 amide bonds. The molecule has 0 bridgehead atoms. The van der Waals surface area contributed by atoms with Crippen molar-refractivity contribution >= 4 is 22.8 Å². The van der Waals surface area contributed by atoms with E-state index in [0.29, 0.717) is 23.7 Å². The number of nitrogens with zero attached hydrogens (tertiary/aromatic N) is 3. The van der Waals surface area contributed by atoms with Gasteiger partial charge >= 0.3 is 0 Å². The van der Waals surface area contributed by atoms with E-state index in [1.807, 2.05) is 12.1 Å². The van der Waals surface area contributed by atoms with Gasteiger partial charge < -0.3 is 7.43 Å². The molecule has 4 heteroatoms. The first-order valence-corrected chi connectivity index (χ1v) is 13.3. The molecule has 204 valence electrons. The van der Waals surface area contributed by atoms with Crippen LogP contribution >= 0.6 is 0 Å². The van der Waals surface area contributed by atoms with Gasteiger partial charge in [0.25, 0.3) is 0 Å². The Morgan fingerprint density at radius 1 is 0.526 bits per heavy atom. The summed E-state index contributed by atoms with van der Waals surface area (Å²) < 4.78 is 0. The van der Waals surface area contributed by atoms with Crippen molar-refractivity contribution in [1.82, 2.24) is 4.98 Å². The average Bonchev–Trinajstić information content (AvgIpc) is 2.83. The third-order valence-corrected chi connectivity index (χ3v) is 6.73. The molecule has 0 aliphatic heterocycles. The number of hydrogen-bond donors (Lipinski definition) is 0. The van der Waals surface area contributed by atoms with Crippen LogP contribution in [0.5, 0.6) is 0 Å². The second-order valence-corrected chi connectivity index (χ2v) is 11.0. The van der Waals surface area contributed by atoms with Crippen LogP contribution in [0.3, 0.4) is 0 Å². The Morgan fingerprint density at radius 3 is 1.05 bits per heavy atom. The molecule has 0 aliphatic rings. The second-order valence-electron chi connectivity index (χ2n) is 11.0. The molecule has 1 aromatic heterocycles. The third kappa shape index (κ3) is 7.75. The van der Waals surface area contributed by atoms with Gasteiger partial charge in [0.1, 0.15) is 0 Å². The van der Waals surface area contributed by atoms with Crippen molar-refractivity contribution in [3.63, 3.8) is 0 Å². The largest absolute Gasteiger partial charge is 0.358 e. The summed E-state index contributed by atoms with van der Waals surface area (Å²) in [4.78, 5) is 15.3. The molecule has 0 spiro atoms. The molecule has 3 aromatic rings. The van der Waals surface area contributed by atoms with Gasteiger partial charge in [-0.3, -0.25) is 9.98 Å². The summed E-state index contributed by atoms with van der Waals surface area (Å²) >= 11 is 0. The Bertz CT molecular complexity index is 1120. The van der Waals surface area contributed by atoms with E-state index in [9.17, 15) is 0 Å². The van der Waals surface area contributed by atoms with Gasteiger partial charge in [0.15, 0.2) is 0 Å². The third-order valence-electron chi connectivity index (χ3n) is 6.73. The van der Waals surface area contributed by atoms with Crippen LogP contribution in [0.25, 0.3) is 0 Å². The van der Waals surface area contributed by atoms with Gasteiger partial charge in [0.2, 0.25) is 0 Å². The standard InChI is InChI=1S/C33H43N3.CH3.Cr/c1-20(2)26-14-11-15-27(21(3)4)32(26)34-24(9)30-18-13-19-31(36-30)25(10)35-33-28(22(5)6)16-12-17-29(33)23(7)8;;/h11-23H,1-10H3;1H3;/q;-1;. The van der Waals surface area contributed by atoms with Crippen LogP contribution in [-0.2, 0) is 17.4 Å². The molecule has 0 fully saturated rings. The zero-order valence-corrected chi connectivity index (χ0v) is 26.5. The SMILES string of the molecule is CC(=Nc1c(C(C)C)cccc1C(C)C)c1cccc(C(C)=Nc2c(C(C)C)cccc2C(C)C)n1.[CH3-].[Cr]. The van der Waals surface area contributed by atoms with Gasteiger partial charge in [-0.1, -0.05) is 97.9 Å². The minimum Gasteiger partial charge on any atom is -0.358 e. The maximum Gasteiger partial charge on any atom is 0.0849 e. The van der Waals surface area contributed by atoms with Gasteiger partial charge in [-0.25, -0.2) is 4.98 Å². The molecule has 3 rings (SSSR count). The van der Waals surface area contributed by atoms with Crippen molar-refractivity contribution in [2.24, 2.45) is 9.98 Å². The molecular formula is C34H46CrN3-. The first kappa shape index (κ1) is 33.5. The van der Waals surface area contributed by atoms with Crippen LogP contribution in [-0.4, -0.2) is 16.4 Å². The monoisotopic (exact) mass is 548 g/mol. The fraction of sp³-hybridized carbons (Fsp3) is 0.412. The molecule has 0 unspecified atom stereocenters. The Hall–Kier alpha value is -2.54. The Labute approximate surface area is 243 Å². The predicted octanol–water partition coefficient (Wildman–Crippen LogP) is 10.3. The summed E-state index contributed by atoms with van der Waals surface area (Å²) in [7, 11) is 0. The quantitative estimate of drug-likeness (QED) is 0.204. The van der Waals surface area contributed by atoms with Crippen molar-refractivity contribution in [3.8, 4) is 0 Å². The molecule has 1 heterocycles. The molecule has 0 saturated heterocycles. The summed E-state index contributed by atoms with van der Waals surface area (Å²) in [6.45, 7) is 22.0. The summed E-state index contributed by atoms with van der Waals surface area (Å²) in [5.41, 5.74) is 10.9. The molecular weight excluding hydrogens is 502 g/mol. The van der Waals surface area contributed by atoms with Crippen LogP contribution in [0.15, 0.2) is 64.6 Å². The molecule has 0 atom stereocenters. The van der Waals surface area contributed by atoms with E-state index in [4.69, 9.17) is 15.0 Å². The Morgan fingerprint density at radius 2 is 0.789 bits per heavy atom. The average molecular weight is 549 g/mol. The number of para-hydroxylation sites is 2. The van der Waals surface area contributed by atoms with E-state index < -0.39 is 0 Å². The van der Waals surface area contributed by atoms with E-state index in [1.165, 1.54) is 22.3 Å². The number of hydrogen-bond acceptors (Lipinski definition) is 3. The number of aliphatic imine (C=N–C) groups is 2. The maximum absolute atomic E-state index is 5.15. The summed E-state index contributed by atoms with van der Waals surface area (Å²) in [5, 5.41) is 0. The molecule has 0 radical (unpaired) electrons. The molecule has 3 nitrogen and oxygen atoms in total.